The summed E-state index contributed by atoms with van der Waals surface area (Å²) in [5.41, 5.74) is 0.329. The van der Waals surface area contributed by atoms with Crippen LogP contribution in [-0.4, -0.2) is 30.7 Å². The van der Waals surface area contributed by atoms with Gasteiger partial charge in [-0.25, -0.2) is 4.79 Å². The molecule has 21 heavy (non-hydrogen) atoms. The fourth-order valence-electron chi connectivity index (χ4n) is 1.83. The Bertz CT molecular complexity index is 466. The first kappa shape index (κ1) is 17.0. The van der Waals surface area contributed by atoms with Crippen molar-refractivity contribution in [3.05, 3.63) is 30.3 Å². The Kier molecular flexibility index (Phi) is 6.21. The van der Waals surface area contributed by atoms with Crippen LogP contribution >= 0.6 is 0 Å². The molecule has 0 aliphatic rings. The third kappa shape index (κ3) is 6.29. The maximum atomic E-state index is 12.2. The zero-order valence-corrected chi connectivity index (χ0v) is 13.2. The summed E-state index contributed by atoms with van der Waals surface area (Å²) in [6.07, 6.45) is -0.264. The van der Waals surface area contributed by atoms with Crippen LogP contribution in [0.4, 0.5) is 10.5 Å². The number of hydrogen-bond donors (Lipinski definition) is 1. The number of benzene rings is 1. The molecule has 0 radical (unpaired) electrons. The molecule has 0 aliphatic heterocycles. The fourth-order valence-corrected chi connectivity index (χ4v) is 1.83. The molecule has 0 saturated carbocycles. The monoisotopic (exact) mass is 292 g/mol. The predicted molar refractivity (Wildman–Crippen MR) is 83.3 cm³/mol. The quantitative estimate of drug-likeness (QED) is 0.907. The van der Waals surface area contributed by atoms with Gasteiger partial charge in [-0.15, -0.1) is 0 Å². The zero-order chi connectivity index (χ0) is 15.9. The number of carbonyl (C=O) groups is 2. The minimum atomic E-state index is -0.534. The Hall–Kier alpha value is -2.04. The van der Waals surface area contributed by atoms with Crippen LogP contribution in [0.15, 0.2) is 30.3 Å². The highest BCUT2D eigenvalue weighted by Crippen LogP contribution is 2.13. The lowest BCUT2D eigenvalue weighted by Crippen LogP contribution is -2.36. The van der Waals surface area contributed by atoms with E-state index in [1.165, 1.54) is 0 Å². The van der Waals surface area contributed by atoms with E-state index in [4.69, 9.17) is 4.74 Å². The van der Waals surface area contributed by atoms with Gasteiger partial charge in [0.05, 0.1) is 0 Å². The van der Waals surface area contributed by atoms with E-state index in [-0.39, 0.29) is 18.9 Å². The van der Waals surface area contributed by atoms with Crippen molar-refractivity contribution in [2.24, 2.45) is 0 Å². The number of rotatable bonds is 5. The van der Waals surface area contributed by atoms with Gasteiger partial charge in [-0.1, -0.05) is 18.2 Å². The van der Waals surface area contributed by atoms with E-state index in [1.54, 1.807) is 25.7 Å². The van der Waals surface area contributed by atoms with Gasteiger partial charge in [-0.2, -0.15) is 0 Å². The van der Waals surface area contributed by atoms with Gasteiger partial charge in [0.15, 0.2) is 0 Å². The molecule has 5 nitrogen and oxygen atoms in total. The minimum Gasteiger partial charge on any atom is -0.444 e. The molecule has 1 aromatic rings. The van der Waals surface area contributed by atoms with E-state index in [2.05, 4.69) is 5.32 Å². The van der Waals surface area contributed by atoms with E-state index < -0.39 is 11.7 Å². The Morgan fingerprint density at radius 1 is 1.19 bits per heavy atom. The highest BCUT2D eigenvalue weighted by Gasteiger charge is 2.17. The first-order valence-corrected chi connectivity index (χ1v) is 7.15. The van der Waals surface area contributed by atoms with Crippen LogP contribution in [-0.2, 0) is 9.53 Å². The average molecular weight is 292 g/mol. The van der Waals surface area contributed by atoms with Crippen LogP contribution in [0.25, 0.3) is 0 Å². The van der Waals surface area contributed by atoms with Crippen LogP contribution in [0.2, 0.25) is 0 Å². The lowest BCUT2D eigenvalue weighted by molar-refractivity contribution is -0.118. The topological polar surface area (TPSA) is 58.6 Å². The van der Waals surface area contributed by atoms with Crippen molar-refractivity contribution in [3.8, 4) is 0 Å². The summed E-state index contributed by atoms with van der Waals surface area (Å²) in [7, 11) is 0. The van der Waals surface area contributed by atoms with Crippen molar-refractivity contribution in [1.82, 2.24) is 5.32 Å². The molecule has 0 spiro atoms. The number of anilines is 1. The van der Waals surface area contributed by atoms with Gasteiger partial charge in [0.25, 0.3) is 0 Å². The molecule has 0 saturated heterocycles. The third-order valence-electron chi connectivity index (χ3n) is 2.69. The van der Waals surface area contributed by atoms with Crippen molar-refractivity contribution < 1.29 is 14.3 Å². The number of amides is 2. The molecule has 116 valence electrons. The van der Waals surface area contributed by atoms with Gasteiger partial charge in [0.1, 0.15) is 5.60 Å². The second-order valence-corrected chi connectivity index (χ2v) is 5.65. The number of carbonyl (C=O) groups excluding carboxylic acids is 2. The van der Waals surface area contributed by atoms with Gasteiger partial charge < -0.3 is 15.0 Å². The molecule has 0 aromatic heterocycles. The number of alkyl carbamates (subject to hydrolysis) is 1. The molecule has 0 fully saturated rings. The lowest BCUT2D eigenvalue weighted by Gasteiger charge is -2.22. The maximum absolute atomic E-state index is 12.2. The van der Waals surface area contributed by atoms with Gasteiger partial charge >= 0.3 is 6.09 Å². The van der Waals surface area contributed by atoms with Crippen LogP contribution in [0.3, 0.4) is 0 Å². The van der Waals surface area contributed by atoms with Crippen LogP contribution in [0.5, 0.6) is 0 Å². The number of nitrogens with one attached hydrogen (secondary N) is 1. The SMILES string of the molecule is CCN(C(=O)CCNC(=O)OC(C)(C)C)c1ccccc1. The number of hydrogen-bond acceptors (Lipinski definition) is 3. The smallest absolute Gasteiger partial charge is 0.407 e. The highest BCUT2D eigenvalue weighted by molar-refractivity contribution is 5.93. The molecule has 1 rings (SSSR count). The van der Waals surface area contributed by atoms with E-state index >= 15 is 0 Å². The molecule has 0 aliphatic carbocycles. The average Bonchev–Trinajstić information content (AvgIpc) is 2.38. The standard InChI is InChI=1S/C16H24N2O3/c1-5-18(13-9-7-6-8-10-13)14(19)11-12-17-15(20)21-16(2,3)4/h6-10H,5,11-12H2,1-4H3,(H,17,20). The summed E-state index contributed by atoms with van der Waals surface area (Å²) >= 11 is 0. The third-order valence-corrected chi connectivity index (χ3v) is 2.69. The van der Waals surface area contributed by atoms with Crippen LogP contribution in [0.1, 0.15) is 34.1 Å². The van der Waals surface area contributed by atoms with Crippen molar-refractivity contribution in [2.75, 3.05) is 18.0 Å². The van der Waals surface area contributed by atoms with Crippen molar-refractivity contribution >= 4 is 17.7 Å². The highest BCUT2D eigenvalue weighted by atomic mass is 16.6. The molecular weight excluding hydrogens is 268 g/mol. The Morgan fingerprint density at radius 2 is 1.81 bits per heavy atom. The number of para-hydroxylation sites is 1. The van der Waals surface area contributed by atoms with Gasteiger partial charge in [-0.3, -0.25) is 4.79 Å². The molecule has 5 heteroatoms. The van der Waals surface area contributed by atoms with Crippen molar-refractivity contribution in [2.45, 2.75) is 39.7 Å². The number of ether oxygens (including phenoxy) is 1. The summed E-state index contributed by atoms with van der Waals surface area (Å²) in [6.45, 7) is 8.17. The largest absolute Gasteiger partial charge is 0.444 e. The summed E-state index contributed by atoms with van der Waals surface area (Å²) in [6, 6.07) is 9.48. The lowest BCUT2D eigenvalue weighted by atomic mass is 10.2. The molecule has 2 amide bonds. The van der Waals surface area contributed by atoms with Crippen LogP contribution < -0.4 is 10.2 Å². The van der Waals surface area contributed by atoms with Crippen LogP contribution in [0, 0.1) is 0 Å². The molecule has 0 bridgehead atoms. The maximum Gasteiger partial charge on any atom is 0.407 e. The predicted octanol–water partition coefficient (Wildman–Crippen LogP) is 2.95. The van der Waals surface area contributed by atoms with E-state index in [0.717, 1.165) is 5.69 Å². The number of nitrogens with zero attached hydrogens (tertiary/aromatic N) is 1. The zero-order valence-electron chi connectivity index (χ0n) is 13.2. The summed E-state index contributed by atoms with van der Waals surface area (Å²) < 4.78 is 5.12. The Labute approximate surface area is 126 Å². The normalized spacial score (nSPS) is 10.9. The molecule has 1 N–H and O–H groups in total. The van der Waals surface area contributed by atoms with Gasteiger partial charge in [0, 0.05) is 25.2 Å². The molecular formula is C16H24N2O3. The Morgan fingerprint density at radius 3 is 2.33 bits per heavy atom. The first-order valence-electron chi connectivity index (χ1n) is 7.15. The van der Waals surface area contributed by atoms with Crippen molar-refractivity contribution in [3.63, 3.8) is 0 Å². The summed E-state index contributed by atoms with van der Waals surface area (Å²) in [5, 5.41) is 2.59. The first-order chi connectivity index (χ1) is 9.83. The second kappa shape index (κ2) is 7.67. The van der Waals surface area contributed by atoms with Crippen molar-refractivity contribution in [1.29, 1.82) is 0 Å². The molecule has 0 atom stereocenters. The van der Waals surface area contributed by atoms with E-state index in [0.29, 0.717) is 6.54 Å². The van der Waals surface area contributed by atoms with E-state index in [9.17, 15) is 9.59 Å². The summed E-state index contributed by atoms with van der Waals surface area (Å²) in [5.74, 6) is -0.0280. The second-order valence-electron chi connectivity index (χ2n) is 5.65. The fraction of sp³-hybridized carbons (Fsp3) is 0.500. The van der Waals surface area contributed by atoms with Gasteiger partial charge in [0.2, 0.25) is 5.91 Å². The molecule has 1 aromatic carbocycles. The summed E-state index contributed by atoms with van der Waals surface area (Å²) in [4.78, 5) is 25.4. The minimum absolute atomic E-state index is 0.0280. The van der Waals surface area contributed by atoms with Gasteiger partial charge in [-0.05, 0) is 39.8 Å². The van der Waals surface area contributed by atoms with E-state index in [1.807, 2.05) is 37.3 Å². The molecule has 0 unspecified atom stereocenters. The molecule has 0 heterocycles. The Balaban J connectivity index is 2.44.